The molecule has 1 fully saturated rings. The highest BCUT2D eigenvalue weighted by Crippen LogP contribution is 2.14. The molecule has 0 saturated carbocycles. The van der Waals surface area contributed by atoms with Crippen LogP contribution in [0.5, 0.6) is 12.0 Å². The normalized spacial score (nSPS) is 19.8. The molecule has 1 aromatic heterocycles. The summed E-state index contributed by atoms with van der Waals surface area (Å²) in [6, 6.07) is 0.378. The first-order valence-electron chi connectivity index (χ1n) is 5.07. The summed E-state index contributed by atoms with van der Waals surface area (Å²) >= 11 is 5.69. The van der Waals surface area contributed by atoms with Crippen LogP contribution in [0.2, 0.25) is 5.28 Å². The van der Waals surface area contributed by atoms with E-state index >= 15 is 0 Å². The second kappa shape index (κ2) is 5.27. The van der Waals surface area contributed by atoms with Crippen LogP contribution in [0, 0.1) is 5.92 Å². The van der Waals surface area contributed by atoms with E-state index < -0.39 is 0 Å². The molecule has 1 unspecified atom stereocenters. The van der Waals surface area contributed by atoms with Crippen molar-refractivity contribution in [1.29, 1.82) is 0 Å². The topological polar surface area (TPSA) is 69.2 Å². The minimum atomic E-state index is 0.0754. The summed E-state index contributed by atoms with van der Waals surface area (Å²) in [5.41, 5.74) is 0. The molecule has 1 atom stereocenters. The Bertz CT molecular complexity index is 357. The van der Waals surface area contributed by atoms with Crippen LogP contribution in [-0.4, -0.2) is 41.8 Å². The quantitative estimate of drug-likeness (QED) is 0.833. The molecule has 1 aliphatic rings. The van der Waals surface area contributed by atoms with E-state index in [1.54, 1.807) is 0 Å². The molecule has 1 aliphatic heterocycles. The van der Waals surface area contributed by atoms with Gasteiger partial charge < -0.3 is 14.8 Å². The van der Waals surface area contributed by atoms with Crippen LogP contribution in [0.3, 0.4) is 0 Å². The molecule has 16 heavy (non-hydrogen) atoms. The standard InChI is InChI=1S/C9H13ClN4O2/c1-15-8-12-7(10)13-9(14-8)16-5-6-2-3-11-4-6/h6,11H,2-5H2,1H3. The zero-order valence-corrected chi connectivity index (χ0v) is 9.70. The third kappa shape index (κ3) is 2.93. The zero-order valence-electron chi connectivity index (χ0n) is 8.94. The first-order chi connectivity index (χ1) is 7.78. The van der Waals surface area contributed by atoms with Crippen molar-refractivity contribution < 1.29 is 9.47 Å². The number of rotatable bonds is 4. The average Bonchev–Trinajstić information content (AvgIpc) is 2.78. The number of ether oxygens (including phenoxy) is 2. The summed E-state index contributed by atoms with van der Waals surface area (Å²) in [4.78, 5) is 11.6. The Balaban J connectivity index is 1.94. The molecular weight excluding hydrogens is 232 g/mol. The van der Waals surface area contributed by atoms with Crippen molar-refractivity contribution in [3.05, 3.63) is 5.28 Å². The van der Waals surface area contributed by atoms with E-state index in [0.717, 1.165) is 19.5 Å². The van der Waals surface area contributed by atoms with Crippen molar-refractivity contribution in [1.82, 2.24) is 20.3 Å². The highest BCUT2D eigenvalue weighted by molar-refractivity contribution is 6.28. The summed E-state index contributed by atoms with van der Waals surface area (Å²) in [6.45, 7) is 2.59. The summed E-state index contributed by atoms with van der Waals surface area (Å²) in [7, 11) is 1.47. The first-order valence-corrected chi connectivity index (χ1v) is 5.45. The summed E-state index contributed by atoms with van der Waals surface area (Å²) in [6.07, 6.45) is 1.11. The van der Waals surface area contributed by atoms with E-state index in [1.165, 1.54) is 7.11 Å². The van der Waals surface area contributed by atoms with Crippen molar-refractivity contribution in [3.8, 4) is 12.0 Å². The average molecular weight is 245 g/mol. The number of nitrogens with zero attached hydrogens (tertiary/aromatic N) is 3. The van der Waals surface area contributed by atoms with Gasteiger partial charge in [0.1, 0.15) is 0 Å². The zero-order chi connectivity index (χ0) is 11.4. The molecule has 2 heterocycles. The fourth-order valence-electron chi connectivity index (χ4n) is 1.52. The Hall–Kier alpha value is -1.14. The van der Waals surface area contributed by atoms with Crippen molar-refractivity contribution in [2.24, 2.45) is 5.92 Å². The largest absolute Gasteiger partial charge is 0.467 e. The molecule has 7 heteroatoms. The fraction of sp³-hybridized carbons (Fsp3) is 0.667. The lowest BCUT2D eigenvalue weighted by atomic mass is 10.1. The van der Waals surface area contributed by atoms with Crippen LogP contribution in [0.4, 0.5) is 0 Å². The second-order valence-corrected chi connectivity index (χ2v) is 3.88. The van der Waals surface area contributed by atoms with Crippen LogP contribution in [0.25, 0.3) is 0 Å². The molecule has 0 bridgehead atoms. The van der Waals surface area contributed by atoms with Gasteiger partial charge in [-0.15, -0.1) is 4.98 Å². The maximum absolute atomic E-state index is 5.69. The Labute approximate surface area is 98.4 Å². The lowest BCUT2D eigenvalue weighted by molar-refractivity contribution is 0.235. The van der Waals surface area contributed by atoms with Crippen molar-refractivity contribution in [2.45, 2.75) is 6.42 Å². The lowest BCUT2D eigenvalue weighted by Gasteiger charge is -2.09. The van der Waals surface area contributed by atoms with Gasteiger partial charge >= 0.3 is 12.0 Å². The van der Waals surface area contributed by atoms with Gasteiger partial charge in [-0.2, -0.15) is 9.97 Å². The molecule has 6 nitrogen and oxygen atoms in total. The van der Waals surface area contributed by atoms with Gasteiger partial charge in [0.2, 0.25) is 5.28 Å². The van der Waals surface area contributed by atoms with E-state index in [1.807, 2.05) is 0 Å². The molecule has 0 aromatic carbocycles. The maximum Gasteiger partial charge on any atom is 0.323 e. The van der Waals surface area contributed by atoms with Crippen LogP contribution >= 0.6 is 11.6 Å². The number of nitrogens with one attached hydrogen (secondary N) is 1. The monoisotopic (exact) mass is 244 g/mol. The minimum absolute atomic E-state index is 0.0754. The van der Waals surface area contributed by atoms with Gasteiger partial charge in [0.05, 0.1) is 13.7 Å². The molecule has 0 radical (unpaired) electrons. The highest BCUT2D eigenvalue weighted by Gasteiger charge is 2.16. The molecule has 0 aliphatic carbocycles. The smallest absolute Gasteiger partial charge is 0.323 e. The van der Waals surface area contributed by atoms with E-state index in [4.69, 9.17) is 21.1 Å². The first kappa shape index (κ1) is 11.3. The van der Waals surface area contributed by atoms with Crippen molar-refractivity contribution in [3.63, 3.8) is 0 Å². The Morgan fingerprint density at radius 2 is 2.19 bits per heavy atom. The van der Waals surface area contributed by atoms with E-state index in [0.29, 0.717) is 12.5 Å². The predicted octanol–water partition coefficient (Wildman–Crippen LogP) is 0.522. The van der Waals surface area contributed by atoms with E-state index in [2.05, 4.69) is 20.3 Å². The number of hydrogen-bond acceptors (Lipinski definition) is 6. The molecule has 88 valence electrons. The third-order valence-corrected chi connectivity index (χ3v) is 2.53. The van der Waals surface area contributed by atoms with Gasteiger partial charge in [-0.25, -0.2) is 0 Å². The van der Waals surface area contributed by atoms with Gasteiger partial charge in [-0.3, -0.25) is 0 Å². The Morgan fingerprint density at radius 1 is 1.38 bits per heavy atom. The van der Waals surface area contributed by atoms with Crippen LogP contribution in [0.15, 0.2) is 0 Å². The third-order valence-electron chi connectivity index (χ3n) is 2.36. The summed E-state index contributed by atoms with van der Waals surface area (Å²) in [5.74, 6) is 0.501. The van der Waals surface area contributed by atoms with Gasteiger partial charge in [0, 0.05) is 12.5 Å². The summed E-state index contributed by atoms with van der Waals surface area (Å²) in [5, 5.41) is 3.33. The molecule has 0 spiro atoms. The number of methoxy groups -OCH3 is 1. The fourth-order valence-corrected chi connectivity index (χ4v) is 1.66. The number of hydrogen-bond donors (Lipinski definition) is 1. The number of aromatic nitrogens is 3. The molecule has 1 N–H and O–H groups in total. The van der Waals surface area contributed by atoms with E-state index in [-0.39, 0.29) is 17.3 Å². The lowest BCUT2D eigenvalue weighted by Crippen LogP contribution is -2.16. The van der Waals surface area contributed by atoms with Crippen molar-refractivity contribution >= 4 is 11.6 Å². The van der Waals surface area contributed by atoms with Gasteiger partial charge in [0.15, 0.2) is 0 Å². The van der Waals surface area contributed by atoms with Crippen molar-refractivity contribution in [2.75, 3.05) is 26.8 Å². The molecule has 1 saturated heterocycles. The molecule has 2 rings (SSSR count). The van der Waals surface area contributed by atoms with Gasteiger partial charge in [-0.1, -0.05) is 0 Å². The second-order valence-electron chi connectivity index (χ2n) is 3.54. The van der Waals surface area contributed by atoms with Gasteiger partial charge in [-0.05, 0) is 24.6 Å². The summed E-state index contributed by atoms with van der Waals surface area (Å²) < 4.78 is 10.3. The van der Waals surface area contributed by atoms with Gasteiger partial charge in [0.25, 0.3) is 0 Å². The highest BCUT2D eigenvalue weighted by atomic mass is 35.5. The maximum atomic E-state index is 5.69. The SMILES string of the molecule is COc1nc(Cl)nc(OCC2CCNC2)n1. The number of halogens is 1. The van der Waals surface area contributed by atoms with E-state index in [9.17, 15) is 0 Å². The predicted molar refractivity (Wildman–Crippen MR) is 57.9 cm³/mol. The Kier molecular flexibility index (Phi) is 3.74. The minimum Gasteiger partial charge on any atom is -0.467 e. The Morgan fingerprint density at radius 3 is 2.88 bits per heavy atom. The van der Waals surface area contributed by atoms with Crippen LogP contribution < -0.4 is 14.8 Å². The molecule has 0 amide bonds. The van der Waals surface area contributed by atoms with Crippen LogP contribution in [-0.2, 0) is 0 Å². The molecular formula is C9H13ClN4O2. The van der Waals surface area contributed by atoms with Crippen LogP contribution in [0.1, 0.15) is 6.42 Å². The molecule has 1 aromatic rings.